The highest BCUT2D eigenvalue weighted by Crippen LogP contribution is 2.44. The summed E-state index contributed by atoms with van der Waals surface area (Å²) in [6.45, 7) is 1.03. The number of ether oxygens (including phenoxy) is 8. The molecule has 2 unspecified atom stereocenters. The van der Waals surface area contributed by atoms with Crippen molar-refractivity contribution < 1.29 is 67.3 Å². The molecule has 24 heteroatoms. The number of hydrogen-bond donors (Lipinski definition) is 4. The van der Waals surface area contributed by atoms with Crippen molar-refractivity contribution >= 4 is 24.1 Å². The topological polar surface area (TPSA) is 303 Å². The minimum atomic E-state index is -1.36. The van der Waals surface area contributed by atoms with Crippen LogP contribution in [0.3, 0.4) is 0 Å². The van der Waals surface area contributed by atoms with Gasteiger partial charge in [0.2, 0.25) is 11.6 Å². The third-order valence-electron chi connectivity index (χ3n) is 8.48. The zero-order valence-corrected chi connectivity index (χ0v) is 31.5. The van der Waals surface area contributed by atoms with Gasteiger partial charge in [0, 0.05) is 18.7 Å². The van der Waals surface area contributed by atoms with E-state index in [2.05, 4.69) is 20.2 Å². The van der Waals surface area contributed by atoms with E-state index in [0.29, 0.717) is 13.1 Å². The van der Waals surface area contributed by atoms with Gasteiger partial charge in [-0.05, 0) is 28.2 Å². The number of aliphatic hydroxyl groups excluding tert-OH is 2. The van der Waals surface area contributed by atoms with Crippen molar-refractivity contribution in [2.45, 2.75) is 55.4 Å². The van der Waals surface area contributed by atoms with Crippen LogP contribution in [-0.2, 0) is 37.9 Å². The summed E-state index contributed by atoms with van der Waals surface area (Å²) in [5.74, 6) is -2.00. The van der Waals surface area contributed by atoms with Crippen LogP contribution in [0.5, 0.6) is 0 Å². The Morgan fingerprint density at radius 2 is 1.18 bits per heavy atom. The van der Waals surface area contributed by atoms with Crippen molar-refractivity contribution in [3.63, 3.8) is 0 Å². The zero-order chi connectivity index (χ0) is 41.2. The van der Waals surface area contributed by atoms with Crippen molar-refractivity contribution in [3.05, 3.63) is 60.2 Å². The number of amides is 2. The van der Waals surface area contributed by atoms with Crippen LogP contribution in [-0.4, -0.2) is 178 Å². The van der Waals surface area contributed by atoms with Crippen LogP contribution in [0.15, 0.2) is 43.0 Å². The summed E-state index contributed by atoms with van der Waals surface area (Å²) in [6, 6.07) is 9.42. The van der Waals surface area contributed by atoms with Gasteiger partial charge in [-0.2, -0.15) is 0 Å². The van der Waals surface area contributed by atoms with Crippen LogP contribution in [0.4, 0.5) is 9.59 Å². The molecule has 6 rings (SSSR count). The third kappa shape index (κ3) is 11.4. The summed E-state index contributed by atoms with van der Waals surface area (Å²) in [6.07, 6.45) is -7.21. The third-order valence-corrected chi connectivity index (χ3v) is 8.48. The van der Waals surface area contributed by atoms with Gasteiger partial charge in [0.25, 0.3) is 11.8 Å². The average Bonchev–Trinajstić information content (AvgIpc) is 4.01. The Morgan fingerprint density at radius 1 is 0.684 bits per heavy atom. The lowest BCUT2D eigenvalue weighted by atomic mass is 10.1. The first-order valence-corrected chi connectivity index (χ1v) is 17.5. The SMILES string of the molecule is CN(C)CCOC(=O)OC[C@H]1O[C@@H](n2cnc(C(N)=O)n2)[C@@H]2O[C@@H](c3ccccc3)OC21.CN(C)CCOC(=O)OC[C@H]1O[C@@H](n2cnc(C(N)=O)n2)[C@H](O)C1O. The number of carbonyl (C=O) groups excluding carboxylic acids is 4. The number of carbonyl (C=O) groups is 4. The highest BCUT2D eigenvalue weighted by atomic mass is 16.8. The van der Waals surface area contributed by atoms with E-state index in [4.69, 9.17) is 49.4 Å². The summed E-state index contributed by atoms with van der Waals surface area (Å²) >= 11 is 0. The maximum absolute atomic E-state index is 11.9. The molecule has 9 atom stereocenters. The van der Waals surface area contributed by atoms with Crippen molar-refractivity contribution in [1.29, 1.82) is 0 Å². The molecular weight excluding hydrogens is 760 g/mol. The minimum absolute atomic E-state index is 0.110. The summed E-state index contributed by atoms with van der Waals surface area (Å²) < 4.78 is 46.0. The van der Waals surface area contributed by atoms with E-state index in [1.165, 1.54) is 11.0 Å². The quantitative estimate of drug-likeness (QED) is 0.123. The lowest BCUT2D eigenvalue weighted by molar-refractivity contribution is -0.157. The Labute approximate surface area is 325 Å². The molecule has 24 nitrogen and oxygen atoms in total. The number of aliphatic hydroxyl groups is 2. The number of hydrogen-bond acceptors (Lipinski definition) is 20. The predicted octanol–water partition coefficient (Wildman–Crippen LogP) is -1.82. The number of fused-ring (bicyclic) bond motifs is 1. The lowest BCUT2D eigenvalue weighted by Gasteiger charge is -2.20. The second-order valence-corrected chi connectivity index (χ2v) is 13.3. The highest BCUT2D eigenvalue weighted by molar-refractivity contribution is 5.88. The van der Waals surface area contributed by atoms with Gasteiger partial charge in [0.05, 0.1) is 0 Å². The average molecular weight is 807 g/mol. The van der Waals surface area contributed by atoms with Gasteiger partial charge in [-0.3, -0.25) is 9.59 Å². The van der Waals surface area contributed by atoms with E-state index in [-0.39, 0.29) is 38.1 Å². The van der Waals surface area contributed by atoms with Gasteiger partial charge in [-0.25, -0.2) is 28.9 Å². The Balaban J connectivity index is 0.000000225. The molecule has 3 aromatic rings. The first kappa shape index (κ1) is 42.8. The normalized spacial score (nSPS) is 26.4. The fraction of sp³-hybridized carbons (Fsp3) is 0.576. The monoisotopic (exact) mass is 806 g/mol. The molecule has 5 heterocycles. The summed E-state index contributed by atoms with van der Waals surface area (Å²) in [5, 5.41) is 27.9. The van der Waals surface area contributed by atoms with Crippen molar-refractivity contribution in [3.8, 4) is 0 Å². The van der Waals surface area contributed by atoms with E-state index < -0.39 is 79.5 Å². The summed E-state index contributed by atoms with van der Waals surface area (Å²) in [4.78, 5) is 57.0. The van der Waals surface area contributed by atoms with Gasteiger partial charge < -0.3 is 69.4 Å². The van der Waals surface area contributed by atoms with E-state index in [1.54, 1.807) is 0 Å². The fourth-order valence-corrected chi connectivity index (χ4v) is 5.56. The first-order valence-electron chi connectivity index (χ1n) is 17.5. The Morgan fingerprint density at radius 3 is 1.68 bits per heavy atom. The maximum atomic E-state index is 11.9. The van der Waals surface area contributed by atoms with Crippen molar-refractivity contribution in [2.24, 2.45) is 11.5 Å². The molecule has 0 spiro atoms. The second kappa shape index (κ2) is 19.7. The number of nitrogens with zero attached hydrogens (tertiary/aromatic N) is 8. The van der Waals surface area contributed by atoms with Gasteiger partial charge in [-0.1, -0.05) is 30.3 Å². The van der Waals surface area contributed by atoms with Crippen LogP contribution in [0.2, 0.25) is 0 Å². The second-order valence-electron chi connectivity index (χ2n) is 13.3. The Hall–Kier alpha value is -5.34. The van der Waals surface area contributed by atoms with E-state index >= 15 is 0 Å². The molecule has 2 amide bonds. The molecule has 2 aromatic heterocycles. The molecule has 6 N–H and O–H groups in total. The molecule has 57 heavy (non-hydrogen) atoms. The van der Waals surface area contributed by atoms with Crippen LogP contribution in [0.25, 0.3) is 0 Å². The van der Waals surface area contributed by atoms with Gasteiger partial charge in [0.15, 0.2) is 18.7 Å². The first-order chi connectivity index (χ1) is 27.2. The zero-order valence-electron chi connectivity index (χ0n) is 31.5. The lowest BCUT2D eigenvalue weighted by Crippen LogP contribution is -2.34. The number of benzene rings is 1. The maximum Gasteiger partial charge on any atom is 0.508 e. The Kier molecular flexibility index (Phi) is 14.8. The standard InChI is InChI=1S/C20H25N5O7.C13H21N5O7/c1-24(2)8-9-28-20(27)29-10-13-14-15(32-19(31-14)12-6-4-3-5-7-12)18(30-13)25-11-22-17(23-25)16(21)26;1-17(2)3-4-23-13(22)24-5-7-8(19)9(20)12(25-7)18-6-15-11(16-18)10(14)21/h3-7,11,13-15,18-19H,8-10H2,1-2H3,(H2,21,26);6-9,12,19-20H,3-5H2,1-2H3,(H2,14,21)/t13-,14?,15-,18-,19+;7-,8?,9-,12-/m11/s1. The van der Waals surface area contributed by atoms with Gasteiger partial charge >= 0.3 is 12.3 Å². The molecule has 0 radical (unpaired) electrons. The molecular formula is C33H46N10O14. The Bertz CT molecular complexity index is 1790. The molecule has 3 saturated heterocycles. The summed E-state index contributed by atoms with van der Waals surface area (Å²) in [5.41, 5.74) is 11.1. The molecule has 3 aliphatic heterocycles. The molecule has 0 bridgehead atoms. The molecule has 3 fully saturated rings. The predicted molar refractivity (Wildman–Crippen MR) is 188 cm³/mol. The highest BCUT2D eigenvalue weighted by Gasteiger charge is 2.54. The molecule has 312 valence electrons. The van der Waals surface area contributed by atoms with Crippen LogP contribution < -0.4 is 11.5 Å². The van der Waals surface area contributed by atoms with Crippen LogP contribution in [0, 0.1) is 0 Å². The van der Waals surface area contributed by atoms with Crippen LogP contribution >= 0.6 is 0 Å². The van der Waals surface area contributed by atoms with E-state index in [0.717, 1.165) is 16.6 Å². The number of nitrogens with two attached hydrogens (primary N) is 2. The fourth-order valence-electron chi connectivity index (χ4n) is 5.56. The minimum Gasteiger partial charge on any atom is -0.433 e. The van der Waals surface area contributed by atoms with Gasteiger partial charge in [-0.15, -0.1) is 10.2 Å². The smallest absolute Gasteiger partial charge is 0.433 e. The number of rotatable bonds is 15. The summed E-state index contributed by atoms with van der Waals surface area (Å²) in [7, 11) is 7.39. The number of aromatic nitrogens is 6. The number of primary amides is 2. The van der Waals surface area contributed by atoms with Crippen molar-refractivity contribution in [2.75, 3.05) is 67.7 Å². The molecule has 3 aliphatic rings. The van der Waals surface area contributed by atoms with E-state index in [9.17, 15) is 29.4 Å². The van der Waals surface area contributed by atoms with Gasteiger partial charge in [0.1, 0.15) is 75.7 Å². The molecule has 0 aliphatic carbocycles. The van der Waals surface area contributed by atoms with Crippen molar-refractivity contribution in [1.82, 2.24) is 39.3 Å². The van der Waals surface area contributed by atoms with E-state index in [1.807, 2.05) is 68.3 Å². The molecule has 0 saturated carbocycles. The van der Waals surface area contributed by atoms with Crippen LogP contribution in [0.1, 0.15) is 45.5 Å². The number of likely N-dealkylation sites (N-methyl/N-ethyl adjacent to an activating group) is 2. The molecule has 1 aromatic carbocycles. The largest absolute Gasteiger partial charge is 0.508 e.